The lowest BCUT2D eigenvalue weighted by atomic mass is 10.1. The number of hydrogen-bond acceptors (Lipinski definition) is 4. The number of hydrogen-bond donors (Lipinski definition) is 1. The predicted molar refractivity (Wildman–Crippen MR) is 82.2 cm³/mol. The minimum absolute atomic E-state index is 0.277. The Bertz CT molecular complexity index is 558. The Morgan fingerprint density at radius 3 is 2.65 bits per heavy atom. The fourth-order valence-corrected chi connectivity index (χ4v) is 2.10. The van der Waals surface area contributed by atoms with Crippen LogP contribution < -0.4 is 10.1 Å². The first-order valence-corrected chi connectivity index (χ1v) is 7.49. The number of benzene rings is 1. The van der Waals surface area contributed by atoms with E-state index in [1.807, 2.05) is 26.0 Å². The van der Waals surface area contributed by atoms with Crippen LogP contribution in [0.4, 0.5) is 0 Å². The largest absolute Gasteiger partial charge is 0.417 e. The van der Waals surface area contributed by atoms with Crippen LogP contribution in [-0.4, -0.2) is 11.5 Å². The van der Waals surface area contributed by atoms with Gasteiger partial charge in [0.2, 0.25) is 0 Å². The van der Waals surface area contributed by atoms with E-state index < -0.39 is 0 Å². The second kappa shape index (κ2) is 6.90. The van der Waals surface area contributed by atoms with E-state index in [2.05, 4.69) is 33.2 Å². The molecule has 0 fully saturated rings. The summed E-state index contributed by atoms with van der Waals surface area (Å²) in [6, 6.07) is 3.91. The van der Waals surface area contributed by atoms with Crippen LogP contribution >= 0.6 is 15.9 Å². The molecule has 0 bridgehead atoms. The SMILES string of the molecule is CCCNCc1coc(Oc2cc(C)c(Br)c(C)c2)n1. The Kier molecular flexibility index (Phi) is 5.20. The van der Waals surface area contributed by atoms with Crippen molar-refractivity contribution >= 4 is 15.9 Å². The van der Waals surface area contributed by atoms with Crippen LogP contribution in [0.15, 0.2) is 27.3 Å². The van der Waals surface area contributed by atoms with Gasteiger partial charge >= 0.3 is 6.08 Å². The van der Waals surface area contributed by atoms with E-state index in [0.29, 0.717) is 6.54 Å². The lowest BCUT2D eigenvalue weighted by molar-refractivity contribution is 0.330. The maximum Gasteiger partial charge on any atom is 0.399 e. The van der Waals surface area contributed by atoms with Gasteiger partial charge in [0.1, 0.15) is 12.0 Å². The summed E-state index contributed by atoms with van der Waals surface area (Å²) < 4.78 is 12.1. The molecule has 2 aromatic rings. The molecule has 1 heterocycles. The Morgan fingerprint density at radius 2 is 2.00 bits per heavy atom. The molecule has 0 radical (unpaired) electrons. The third-order valence-corrected chi connectivity index (χ3v) is 4.13. The first-order chi connectivity index (χ1) is 9.60. The van der Waals surface area contributed by atoms with Crippen LogP contribution in [0.3, 0.4) is 0 Å². The summed E-state index contributed by atoms with van der Waals surface area (Å²) in [5.41, 5.74) is 3.09. The summed E-state index contributed by atoms with van der Waals surface area (Å²) in [5, 5.41) is 3.27. The monoisotopic (exact) mass is 338 g/mol. The molecule has 1 N–H and O–H groups in total. The molecule has 0 saturated carbocycles. The number of halogens is 1. The maximum absolute atomic E-state index is 5.66. The molecule has 0 saturated heterocycles. The minimum atomic E-state index is 0.277. The van der Waals surface area contributed by atoms with Gasteiger partial charge in [-0.15, -0.1) is 0 Å². The zero-order valence-electron chi connectivity index (χ0n) is 12.0. The van der Waals surface area contributed by atoms with Crippen LogP contribution in [0.25, 0.3) is 0 Å². The van der Waals surface area contributed by atoms with Crippen LogP contribution in [0, 0.1) is 13.8 Å². The standard InChI is InChI=1S/C15H19BrN2O2/c1-4-5-17-8-12-9-19-15(18-12)20-13-6-10(2)14(16)11(3)7-13/h6-7,9,17H,4-5,8H2,1-3H3. The molecule has 20 heavy (non-hydrogen) atoms. The molecular formula is C15H19BrN2O2. The Balaban J connectivity index is 2.03. The quantitative estimate of drug-likeness (QED) is 0.795. The van der Waals surface area contributed by atoms with E-state index >= 15 is 0 Å². The van der Waals surface area contributed by atoms with Crippen LogP contribution in [-0.2, 0) is 6.54 Å². The third-order valence-electron chi connectivity index (χ3n) is 2.88. The van der Waals surface area contributed by atoms with Gasteiger partial charge in [0.05, 0.1) is 5.69 Å². The first kappa shape index (κ1) is 15.1. The summed E-state index contributed by atoms with van der Waals surface area (Å²) >= 11 is 3.54. The third kappa shape index (κ3) is 3.84. The fourth-order valence-electron chi connectivity index (χ4n) is 1.88. The van der Waals surface area contributed by atoms with Crippen molar-refractivity contribution in [3.8, 4) is 11.8 Å². The van der Waals surface area contributed by atoms with Gasteiger partial charge in [-0.1, -0.05) is 22.9 Å². The van der Waals surface area contributed by atoms with Gasteiger partial charge in [-0.3, -0.25) is 0 Å². The Labute approximate surface area is 127 Å². The molecule has 0 aliphatic heterocycles. The topological polar surface area (TPSA) is 47.3 Å². The fraction of sp³-hybridized carbons (Fsp3) is 0.400. The second-order valence-electron chi connectivity index (χ2n) is 4.75. The van der Waals surface area contributed by atoms with Crippen molar-refractivity contribution in [3.63, 3.8) is 0 Å². The summed E-state index contributed by atoms with van der Waals surface area (Å²) in [6.07, 6.45) is 2.99. The number of ether oxygens (including phenoxy) is 1. The number of rotatable bonds is 6. The maximum atomic E-state index is 5.66. The predicted octanol–water partition coefficient (Wildman–Crippen LogP) is 4.35. The van der Waals surface area contributed by atoms with Crippen LogP contribution in [0.1, 0.15) is 30.2 Å². The Morgan fingerprint density at radius 1 is 1.30 bits per heavy atom. The number of nitrogens with zero attached hydrogens (tertiary/aromatic N) is 1. The molecule has 0 amide bonds. The number of aromatic nitrogens is 1. The van der Waals surface area contributed by atoms with E-state index in [9.17, 15) is 0 Å². The van der Waals surface area contributed by atoms with Crippen LogP contribution in [0.5, 0.6) is 11.8 Å². The molecule has 0 unspecified atom stereocenters. The molecule has 0 atom stereocenters. The zero-order valence-corrected chi connectivity index (χ0v) is 13.6. The highest BCUT2D eigenvalue weighted by Crippen LogP contribution is 2.29. The van der Waals surface area contributed by atoms with Gasteiger partial charge in [-0.2, -0.15) is 4.98 Å². The van der Waals surface area contributed by atoms with Crippen molar-refractivity contribution in [2.75, 3.05) is 6.54 Å². The molecule has 0 spiro atoms. The zero-order chi connectivity index (χ0) is 14.5. The molecule has 5 heteroatoms. The van der Waals surface area contributed by atoms with E-state index in [4.69, 9.17) is 9.15 Å². The smallest absolute Gasteiger partial charge is 0.399 e. The summed E-state index contributed by atoms with van der Waals surface area (Å²) in [4.78, 5) is 4.30. The van der Waals surface area contributed by atoms with Crippen molar-refractivity contribution in [2.24, 2.45) is 0 Å². The van der Waals surface area contributed by atoms with Gasteiger partial charge in [-0.05, 0) is 50.1 Å². The van der Waals surface area contributed by atoms with Crippen molar-refractivity contribution in [2.45, 2.75) is 33.7 Å². The van der Waals surface area contributed by atoms with Crippen LogP contribution in [0.2, 0.25) is 0 Å². The highest BCUT2D eigenvalue weighted by atomic mass is 79.9. The highest BCUT2D eigenvalue weighted by Gasteiger charge is 2.08. The summed E-state index contributed by atoms with van der Waals surface area (Å²) in [7, 11) is 0. The average molecular weight is 339 g/mol. The van der Waals surface area contributed by atoms with Crippen molar-refractivity contribution in [3.05, 3.63) is 39.7 Å². The van der Waals surface area contributed by atoms with Crippen molar-refractivity contribution in [1.29, 1.82) is 0 Å². The van der Waals surface area contributed by atoms with Gasteiger partial charge < -0.3 is 14.5 Å². The molecular weight excluding hydrogens is 320 g/mol. The van der Waals surface area contributed by atoms with E-state index in [1.54, 1.807) is 6.26 Å². The molecule has 0 aliphatic carbocycles. The highest BCUT2D eigenvalue weighted by molar-refractivity contribution is 9.10. The van der Waals surface area contributed by atoms with Gasteiger partial charge in [0.25, 0.3) is 0 Å². The summed E-state index contributed by atoms with van der Waals surface area (Å²) in [6.45, 7) is 7.84. The first-order valence-electron chi connectivity index (χ1n) is 6.70. The van der Waals surface area contributed by atoms with Gasteiger partial charge in [0, 0.05) is 11.0 Å². The van der Waals surface area contributed by atoms with E-state index in [1.165, 1.54) is 0 Å². The van der Waals surface area contributed by atoms with Crippen molar-refractivity contribution < 1.29 is 9.15 Å². The van der Waals surface area contributed by atoms with Crippen molar-refractivity contribution in [1.82, 2.24) is 10.3 Å². The lowest BCUT2D eigenvalue weighted by Gasteiger charge is -2.06. The normalized spacial score (nSPS) is 10.8. The average Bonchev–Trinajstić information content (AvgIpc) is 2.84. The lowest BCUT2D eigenvalue weighted by Crippen LogP contribution is -2.13. The number of oxazole rings is 1. The Hall–Kier alpha value is -1.33. The molecule has 2 rings (SSSR count). The molecule has 4 nitrogen and oxygen atoms in total. The minimum Gasteiger partial charge on any atom is -0.417 e. The second-order valence-corrected chi connectivity index (χ2v) is 5.55. The molecule has 0 aliphatic rings. The summed E-state index contributed by atoms with van der Waals surface area (Å²) in [5.74, 6) is 0.734. The molecule has 1 aromatic carbocycles. The van der Waals surface area contributed by atoms with Gasteiger partial charge in [0.15, 0.2) is 0 Å². The molecule has 1 aromatic heterocycles. The molecule has 108 valence electrons. The number of nitrogens with one attached hydrogen (secondary N) is 1. The van der Waals surface area contributed by atoms with E-state index in [0.717, 1.165) is 40.0 Å². The van der Waals surface area contributed by atoms with Gasteiger partial charge in [-0.25, -0.2) is 0 Å². The van der Waals surface area contributed by atoms with E-state index in [-0.39, 0.29) is 6.08 Å². The number of aryl methyl sites for hydroxylation is 2.